The van der Waals surface area contributed by atoms with Gasteiger partial charge in [0.2, 0.25) is 0 Å². The van der Waals surface area contributed by atoms with Crippen LogP contribution in [0.3, 0.4) is 0 Å². The lowest BCUT2D eigenvalue weighted by atomic mass is 10.1. The first kappa shape index (κ1) is 23.9. The summed E-state index contributed by atoms with van der Waals surface area (Å²) in [5.41, 5.74) is 2.57. The normalized spacial score (nSPS) is 15.8. The van der Waals surface area contributed by atoms with Gasteiger partial charge in [-0.3, -0.25) is 4.90 Å². The molecule has 2 aromatic rings. The highest BCUT2D eigenvalue weighted by Crippen LogP contribution is 2.26. The SMILES string of the molecule is CCNC(=NCc1ccccc1CN1CCOCC1)NCC(C)Oc1ccccc1OC. The highest BCUT2D eigenvalue weighted by atomic mass is 16.5. The van der Waals surface area contributed by atoms with Gasteiger partial charge in [0.1, 0.15) is 6.10 Å². The van der Waals surface area contributed by atoms with E-state index in [1.165, 1.54) is 11.1 Å². The summed E-state index contributed by atoms with van der Waals surface area (Å²) in [7, 11) is 1.65. The molecule has 0 aliphatic carbocycles. The molecule has 0 amide bonds. The molecule has 32 heavy (non-hydrogen) atoms. The van der Waals surface area contributed by atoms with Gasteiger partial charge in [-0.25, -0.2) is 4.99 Å². The Bertz CT molecular complexity index is 853. The number of hydrogen-bond donors (Lipinski definition) is 2. The molecule has 1 saturated heterocycles. The van der Waals surface area contributed by atoms with E-state index < -0.39 is 0 Å². The van der Waals surface area contributed by atoms with Crippen molar-refractivity contribution in [2.75, 3.05) is 46.5 Å². The van der Waals surface area contributed by atoms with Gasteiger partial charge >= 0.3 is 0 Å². The molecule has 7 heteroatoms. The van der Waals surface area contributed by atoms with E-state index in [4.69, 9.17) is 19.2 Å². The summed E-state index contributed by atoms with van der Waals surface area (Å²) < 4.78 is 16.9. The lowest BCUT2D eigenvalue weighted by Gasteiger charge is -2.27. The molecule has 1 aliphatic heterocycles. The van der Waals surface area contributed by atoms with Crippen LogP contribution < -0.4 is 20.1 Å². The summed E-state index contributed by atoms with van der Waals surface area (Å²) in [6.07, 6.45) is -0.0521. The van der Waals surface area contributed by atoms with Crippen LogP contribution in [0.2, 0.25) is 0 Å². The van der Waals surface area contributed by atoms with Crippen molar-refractivity contribution in [1.82, 2.24) is 15.5 Å². The van der Waals surface area contributed by atoms with Crippen molar-refractivity contribution in [3.05, 3.63) is 59.7 Å². The second-order valence-electron chi connectivity index (χ2n) is 7.81. The third kappa shape index (κ3) is 7.43. The summed E-state index contributed by atoms with van der Waals surface area (Å²) in [5.74, 6) is 2.25. The van der Waals surface area contributed by atoms with Crippen LogP contribution in [-0.2, 0) is 17.8 Å². The minimum absolute atomic E-state index is 0.0521. The zero-order chi connectivity index (χ0) is 22.6. The molecule has 1 atom stereocenters. The number of nitrogens with one attached hydrogen (secondary N) is 2. The van der Waals surface area contributed by atoms with Crippen LogP contribution in [0.25, 0.3) is 0 Å². The number of hydrogen-bond acceptors (Lipinski definition) is 5. The number of morpholine rings is 1. The van der Waals surface area contributed by atoms with E-state index in [1.54, 1.807) is 7.11 Å². The Hall–Kier alpha value is -2.77. The highest BCUT2D eigenvalue weighted by Gasteiger charge is 2.13. The van der Waals surface area contributed by atoms with E-state index in [1.807, 2.05) is 31.2 Å². The fourth-order valence-electron chi connectivity index (χ4n) is 3.59. The topological polar surface area (TPSA) is 67.4 Å². The molecule has 2 aromatic carbocycles. The number of nitrogens with zero attached hydrogens (tertiary/aromatic N) is 2. The highest BCUT2D eigenvalue weighted by molar-refractivity contribution is 5.79. The van der Waals surface area contributed by atoms with Crippen LogP contribution in [0.15, 0.2) is 53.5 Å². The molecule has 174 valence electrons. The Morgan fingerprint density at radius 1 is 1.03 bits per heavy atom. The van der Waals surface area contributed by atoms with Crippen molar-refractivity contribution in [2.24, 2.45) is 4.99 Å². The summed E-state index contributed by atoms with van der Waals surface area (Å²) in [5, 5.41) is 6.72. The first-order valence-electron chi connectivity index (χ1n) is 11.4. The molecule has 7 nitrogen and oxygen atoms in total. The number of guanidine groups is 1. The molecule has 1 aliphatic rings. The Morgan fingerprint density at radius 2 is 1.72 bits per heavy atom. The number of rotatable bonds is 10. The van der Waals surface area contributed by atoms with Crippen molar-refractivity contribution >= 4 is 5.96 Å². The predicted octanol–water partition coefficient (Wildman–Crippen LogP) is 3.05. The lowest BCUT2D eigenvalue weighted by molar-refractivity contribution is 0.0341. The zero-order valence-corrected chi connectivity index (χ0v) is 19.5. The Morgan fingerprint density at radius 3 is 2.44 bits per heavy atom. The van der Waals surface area contributed by atoms with Crippen molar-refractivity contribution in [3.63, 3.8) is 0 Å². The zero-order valence-electron chi connectivity index (χ0n) is 19.5. The maximum Gasteiger partial charge on any atom is 0.191 e. The molecule has 0 spiro atoms. The van der Waals surface area contributed by atoms with E-state index in [0.29, 0.717) is 13.1 Å². The quantitative estimate of drug-likeness (QED) is 0.437. The molecule has 0 aromatic heterocycles. The van der Waals surface area contributed by atoms with Crippen LogP contribution in [-0.4, -0.2) is 63.5 Å². The van der Waals surface area contributed by atoms with Crippen LogP contribution in [0.5, 0.6) is 11.5 Å². The molecule has 1 heterocycles. The molecule has 1 unspecified atom stereocenters. The number of methoxy groups -OCH3 is 1. The third-order valence-electron chi connectivity index (χ3n) is 5.32. The lowest BCUT2D eigenvalue weighted by Crippen LogP contribution is -2.41. The largest absolute Gasteiger partial charge is 0.493 e. The molecule has 1 fully saturated rings. The summed E-state index contributed by atoms with van der Waals surface area (Å²) >= 11 is 0. The third-order valence-corrected chi connectivity index (χ3v) is 5.32. The van der Waals surface area contributed by atoms with E-state index in [2.05, 4.69) is 46.7 Å². The van der Waals surface area contributed by atoms with Crippen LogP contribution in [0.1, 0.15) is 25.0 Å². The second kappa shape index (κ2) is 12.9. The average Bonchev–Trinajstić information content (AvgIpc) is 2.82. The van der Waals surface area contributed by atoms with Gasteiger partial charge in [-0.2, -0.15) is 0 Å². The number of ether oxygens (including phenoxy) is 3. The fraction of sp³-hybridized carbons (Fsp3) is 0.480. The van der Waals surface area contributed by atoms with Crippen molar-refractivity contribution in [1.29, 1.82) is 0 Å². The Balaban J connectivity index is 1.57. The Labute approximate surface area is 191 Å². The summed E-state index contributed by atoms with van der Waals surface area (Å²) in [6.45, 7) is 10.6. The molecule has 0 saturated carbocycles. The smallest absolute Gasteiger partial charge is 0.191 e. The minimum Gasteiger partial charge on any atom is -0.493 e. The van der Waals surface area contributed by atoms with E-state index >= 15 is 0 Å². The molecule has 0 radical (unpaired) electrons. The predicted molar refractivity (Wildman–Crippen MR) is 128 cm³/mol. The van der Waals surface area contributed by atoms with Crippen molar-refractivity contribution in [3.8, 4) is 11.5 Å². The Kier molecular flexibility index (Phi) is 9.65. The average molecular weight is 441 g/mol. The van der Waals surface area contributed by atoms with Gasteiger partial charge in [0.05, 0.1) is 33.4 Å². The minimum atomic E-state index is -0.0521. The number of para-hydroxylation sites is 2. The van der Waals surface area contributed by atoms with Gasteiger partial charge in [-0.1, -0.05) is 36.4 Å². The standard InChI is InChI=1S/C25H36N4O3/c1-4-26-25(27-17-20(2)32-24-12-8-7-11-23(24)30-3)28-18-21-9-5-6-10-22(21)19-29-13-15-31-16-14-29/h5-12,20H,4,13-19H2,1-3H3,(H2,26,27,28). The van der Waals surface area contributed by atoms with Crippen LogP contribution in [0.4, 0.5) is 0 Å². The van der Waals surface area contributed by atoms with Gasteiger partial charge in [0, 0.05) is 26.2 Å². The summed E-state index contributed by atoms with van der Waals surface area (Å²) in [4.78, 5) is 7.26. The molecule has 0 bridgehead atoms. The van der Waals surface area contributed by atoms with E-state index in [0.717, 1.165) is 56.9 Å². The van der Waals surface area contributed by atoms with Crippen molar-refractivity contribution in [2.45, 2.75) is 33.0 Å². The van der Waals surface area contributed by atoms with E-state index in [-0.39, 0.29) is 6.10 Å². The fourth-order valence-corrected chi connectivity index (χ4v) is 3.59. The molecule has 3 rings (SSSR count). The molecule has 2 N–H and O–H groups in total. The van der Waals surface area contributed by atoms with E-state index in [9.17, 15) is 0 Å². The maximum absolute atomic E-state index is 6.05. The monoisotopic (exact) mass is 440 g/mol. The van der Waals surface area contributed by atoms with Crippen molar-refractivity contribution < 1.29 is 14.2 Å². The molecular weight excluding hydrogens is 404 g/mol. The van der Waals surface area contributed by atoms with Gasteiger partial charge in [0.25, 0.3) is 0 Å². The first-order valence-corrected chi connectivity index (χ1v) is 11.4. The number of benzene rings is 2. The molecular formula is C25H36N4O3. The van der Waals surface area contributed by atoms with Gasteiger partial charge in [-0.05, 0) is 37.1 Å². The number of aliphatic imine (C=N–C) groups is 1. The van der Waals surface area contributed by atoms with Gasteiger partial charge < -0.3 is 24.8 Å². The van der Waals surface area contributed by atoms with Gasteiger partial charge in [0.15, 0.2) is 17.5 Å². The maximum atomic E-state index is 6.05. The van der Waals surface area contributed by atoms with Gasteiger partial charge in [-0.15, -0.1) is 0 Å². The summed E-state index contributed by atoms with van der Waals surface area (Å²) in [6, 6.07) is 16.2. The van der Waals surface area contributed by atoms with Crippen LogP contribution in [0, 0.1) is 0 Å². The second-order valence-corrected chi connectivity index (χ2v) is 7.81. The first-order chi connectivity index (χ1) is 15.7. The van der Waals surface area contributed by atoms with Crippen LogP contribution >= 0.6 is 0 Å².